The first-order valence-corrected chi connectivity index (χ1v) is 10.3. The fourth-order valence-corrected chi connectivity index (χ4v) is 3.90. The Balaban J connectivity index is 1.55. The minimum Gasteiger partial charge on any atom is -0.497 e. The first kappa shape index (κ1) is 20.4. The van der Waals surface area contributed by atoms with Crippen LogP contribution in [0, 0.1) is 0 Å². The number of H-pyrrole nitrogens is 1. The molecular formula is C23H27N3O4. The maximum atomic E-state index is 12.0. The van der Waals surface area contributed by atoms with Crippen LogP contribution in [0.3, 0.4) is 0 Å². The van der Waals surface area contributed by atoms with E-state index < -0.39 is 0 Å². The van der Waals surface area contributed by atoms with E-state index >= 15 is 0 Å². The van der Waals surface area contributed by atoms with Crippen LogP contribution in [0.5, 0.6) is 5.75 Å². The molecule has 1 saturated heterocycles. The topological polar surface area (TPSA) is 76.7 Å². The number of aromatic amines is 1. The second-order valence-corrected chi connectivity index (χ2v) is 7.41. The number of aromatic nitrogens is 2. The number of morpholine rings is 1. The molecule has 1 N–H and O–H groups in total. The summed E-state index contributed by atoms with van der Waals surface area (Å²) < 4.78 is 16.1. The zero-order valence-corrected chi connectivity index (χ0v) is 17.4. The summed E-state index contributed by atoms with van der Waals surface area (Å²) in [5.41, 5.74) is 3.17. The maximum Gasteiger partial charge on any atom is 0.307 e. The van der Waals surface area contributed by atoms with E-state index in [-0.39, 0.29) is 12.0 Å². The van der Waals surface area contributed by atoms with Crippen molar-refractivity contribution in [3.63, 3.8) is 0 Å². The van der Waals surface area contributed by atoms with Crippen molar-refractivity contribution in [1.82, 2.24) is 15.1 Å². The molecule has 1 unspecified atom stereocenters. The number of benzene rings is 2. The number of hydrogen-bond acceptors (Lipinski definition) is 6. The monoisotopic (exact) mass is 409 g/mol. The molecule has 0 bridgehead atoms. The highest BCUT2D eigenvalue weighted by Crippen LogP contribution is 2.29. The van der Waals surface area contributed by atoms with Crippen molar-refractivity contribution in [2.45, 2.75) is 25.9 Å². The van der Waals surface area contributed by atoms with Gasteiger partial charge in [-0.25, -0.2) is 0 Å². The maximum absolute atomic E-state index is 12.0. The minimum atomic E-state index is -0.185. The highest BCUT2D eigenvalue weighted by atomic mass is 16.5. The van der Waals surface area contributed by atoms with Crippen LogP contribution < -0.4 is 4.74 Å². The Bertz CT molecular complexity index is 1020. The Hall–Kier alpha value is -2.90. The van der Waals surface area contributed by atoms with Crippen LogP contribution in [-0.2, 0) is 20.8 Å². The number of hydrogen-bond donors (Lipinski definition) is 1. The molecule has 4 rings (SSSR count). The van der Waals surface area contributed by atoms with Crippen LogP contribution in [0.4, 0.5) is 0 Å². The normalized spacial score (nSPS) is 17.2. The Morgan fingerprint density at radius 1 is 1.27 bits per heavy atom. The quantitative estimate of drug-likeness (QED) is 0.603. The van der Waals surface area contributed by atoms with Gasteiger partial charge in [0.25, 0.3) is 0 Å². The van der Waals surface area contributed by atoms with E-state index in [1.165, 1.54) is 0 Å². The van der Waals surface area contributed by atoms with Gasteiger partial charge in [-0.3, -0.25) is 14.8 Å². The van der Waals surface area contributed by atoms with Crippen molar-refractivity contribution in [3.05, 3.63) is 48.2 Å². The zero-order valence-electron chi connectivity index (χ0n) is 17.4. The number of nitrogens with zero attached hydrogens (tertiary/aromatic N) is 2. The second-order valence-electron chi connectivity index (χ2n) is 7.41. The molecule has 2 aromatic carbocycles. The molecule has 0 spiro atoms. The molecule has 30 heavy (non-hydrogen) atoms. The van der Waals surface area contributed by atoms with Gasteiger partial charge in [0, 0.05) is 30.3 Å². The molecule has 0 radical (unpaired) electrons. The Kier molecular flexibility index (Phi) is 6.30. The van der Waals surface area contributed by atoms with Crippen LogP contribution in [0.1, 0.15) is 18.9 Å². The van der Waals surface area contributed by atoms with Gasteiger partial charge >= 0.3 is 5.97 Å². The average molecular weight is 409 g/mol. The number of nitrogens with one attached hydrogen (secondary N) is 1. The lowest BCUT2D eigenvalue weighted by Gasteiger charge is -2.35. The van der Waals surface area contributed by atoms with Gasteiger partial charge in [-0.2, -0.15) is 5.10 Å². The summed E-state index contributed by atoms with van der Waals surface area (Å²) >= 11 is 0. The molecule has 0 amide bonds. The fourth-order valence-electron chi connectivity index (χ4n) is 3.90. The molecule has 1 aliphatic heterocycles. The van der Waals surface area contributed by atoms with E-state index in [0.29, 0.717) is 32.8 Å². The van der Waals surface area contributed by atoms with Gasteiger partial charge in [0.05, 0.1) is 45.2 Å². The van der Waals surface area contributed by atoms with Crippen LogP contribution in [0.2, 0.25) is 0 Å². The van der Waals surface area contributed by atoms with Crippen LogP contribution >= 0.6 is 0 Å². The molecule has 1 fully saturated rings. The van der Waals surface area contributed by atoms with Crippen molar-refractivity contribution < 1.29 is 19.0 Å². The van der Waals surface area contributed by atoms with E-state index in [0.717, 1.165) is 39.9 Å². The molecule has 1 aromatic heterocycles. The summed E-state index contributed by atoms with van der Waals surface area (Å²) in [5.74, 6) is 0.660. The Morgan fingerprint density at radius 3 is 2.93 bits per heavy atom. The van der Waals surface area contributed by atoms with E-state index in [2.05, 4.69) is 39.4 Å². The molecule has 1 atom stereocenters. The van der Waals surface area contributed by atoms with E-state index in [1.807, 2.05) is 25.3 Å². The summed E-state index contributed by atoms with van der Waals surface area (Å²) in [6, 6.07) is 12.4. The molecule has 1 aliphatic rings. The first-order valence-electron chi connectivity index (χ1n) is 10.3. The van der Waals surface area contributed by atoms with Gasteiger partial charge in [0.2, 0.25) is 0 Å². The number of fused-ring (bicyclic) bond motifs is 1. The summed E-state index contributed by atoms with van der Waals surface area (Å²) in [6.07, 6.45) is 2.20. The van der Waals surface area contributed by atoms with Crippen LogP contribution in [0.25, 0.3) is 22.0 Å². The third-order valence-corrected chi connectivity index (χ3v) is 5.48. The number of rotatable bonds is 7. The summed E-state index contributed by atoms with van der Waals surface area (Å²) in [6.45, 7) is 4.87. The second kappa shape index (κ2) is 9.28. The predicted octanol–water partition coefficient (Wildman–Crippen LogP) is 3.39. The summed E-state index contributed by atoms with van der Waals surface area (Å²) in [7, 11) is 1.67. The number of methoxy groups -OCH3 is 1. The predicted molar refractivity (Wildman–Crippen MR) is 114 cm³/mol. The molecule has 0 aliphatic carbocycles. The first-order chi connectivity index (χ1) is 14.7. The number of esters is 1. The molecule has 0 saturated carbocycles. The Morgan fingerprint density at radius 2 is 2.10 bits per heavy atom. The van der Waals surface area contributed by atoms with Crippen molar-refractivity contribution in [1.29, 1.82) is 0 Å². The number of carbonyl (C=O) groups excluding carboxylic acids is 1. The average Bonchev–Trinajstić information content (AvgIpc) is 3.22. The molecule has 158 valence electrons. The molecular weight excluding hydrogens is 382 g/mol. The van der Waals surface area contributed by atoms with Gasteiger partial charge in [0.15, 0.2) is 0 Å². The van der Waals surface area contributed by atoms with E-state index in [4.69, 9.17) is 14.2 Å². The Labute approximate surface area is 175 Å². The van der Waals surface area contributed by atoms with Crippen molar-refractivity contribution >= 4 is 16.7 Å². The standard InChI is InChI=1S/C23H27N3O4/c1-3-30-22(27)12-20-15-29-9-8-26(20)14-19-13-24-25-23(19)18-5-4-17-11-21(28-2)7-6-16(17)10-18/h4-7,10-11,13,20H,3,8-9,12,14-15H2,1-2H3,(H,24,25). The van der Waals surface area contributed by atoms with Gasteiger partial charge in [-0.15, -0.1) is 0 Å². The van der Waals surface area contributed by atoms with Crippen molar-refractivity contribution in [2.75, 3.05) is 33.5 Å². The van der Waals surface area contributed by atoms with Gasteiger partial charge in [-0.05, 0) is 35.9 Å². The van der Waals surface area contributed by atoms with E-state index in [9.17, 15) is 4.79 Å². The zero-order chi connectivity index (χ0) is 20.9. The summed E-state index contributed by atoms with van der Waals surface area (Å²) in [5, 5.41) is 9.71. The highest BCUT2D eigenvalue weighted by Gasteiger charge is 2.27. The smallest absolute Gasteiger partial charge is 0.307 e. The number of ether oxygens (including phenoxy) is 3. The highest BCUT2D eigenvalue weighted by molar-refractivity contribution is 5.88. The van der Waals surface area contributed by atoms with Gasteiger partial charge in [-0.1, -0.05) is 18.2 Å². The van der Waals surface area contributed by atoms with Crippen LogP contribution in [-0.4, -0.2) is 60.6 Å². The number of carbonyl (C=O) groups is 1. The van der Waals surface area contributed by atoms with Gasteiger partial charge in [0.1, 0.15) is 5.75 Å². The molecule has 7 nitrogen and oxygen atoms in total. The summed E-state index contributed by atoms with van der Waals surface area (Å²) in [4.78, 5) is 14.3. The third kappa shape index (κ3) is 4.47. The van der Waals surface area contributed by atoms with Gasteiger partial charge < -0.3 is 14.2 Å². The molecule has 3 aromatic rings. The van der Waals surface area contributed by atoms with Crippen molar-refractivity contribution in [2.24, 2.45) is 0 Å². The minimum absolute atomic E-state index is 0.00428. The SMILES string of the molecule is CCOC(=O)CC1COCCN1Cc1cn[nH]c1-c1ccc2cc(OC)ccc2c1. The lowest BCUT2D eigenvalue weighted by molar-refractivity contribution is -0.146. The van der Waals surface area contributed by atoms with Crippen molar-refractivity contribution in [3.8, 4) is 17.0 Å². The lowest BCUT2D eigenvalue weighted by Crippen LogP contribution is -2.46. The molecule has 2 heterocycles. The van der Waals surface area contributed by atoms with E-state index in [1.54, 1.807) is 7.11 Å². The largest absolute Gasteiger partial charge is 0.497 e. The fraction of sp³-hybridized carbons (Fsp3) is 0.391. The van der Waals surface area contributed by atoms with Crippen LogP contribution in [0.15, 0.2) is 42.6 Å². The molecule has 7 heteroatoms. The lowest BCUT2D eigenvalue weighted by atomic mass is 10.0. The third-order valence-electron chi connectivity index (χ3n) is 5.48.